The number of aromatic nitrogens is 2. The van der Waals surface area contributed by atoms with E-state index >= 15 is 4.39 Å². The van der Waals surface area contributed by atoms with E-state index in [1.165, 1.54) is 0 Å². The Kier molecular flexibility index (Phi) is 6.11. The number of para-hydroxylation sites is 1. The number of aliphatic hydroxyl groups excluding tert-OH is 3. The van der Waals surface area contributed by atoms with E-state index in [0.29, 0.717) is 11.1 Å². The summed E-state index contributed by atoms with van der Waals surface area (Å²) in [4.78, 5) is 14.5. The summed E-state index contributed by atoms with van der Waals surface area (Å²) in [5, 5.41) is 29.9. The van der Waals surface area contributed by atoms with Gasteiger partial charge in [0.05, 0.1) is 13.2 Å². The highest BCUT2D eigenvalue weighted by molar-refractivity contribution is 7.71. The highest BCUT2D eigenvalue weighted by Gasteiger charge is 2.57. The minimum atomic E-state index is -4.27. The van der Waals surface area contributed by atoms with Crippen LogP contribution in [-0.2, 0) is 31.6 Å². The van der Waals surface area contributed by atoms with Gasteiger partial charge in [-0.1, -0.05) is 30.4 Å². The summed E-state index contributed by atoms with van der Waals surface area (Å²) in [6.45, 7) is -0.0570. The number of phosphoric acid groups is 1. The second-order valence-corrected chi connectivity index (χ2v) is 9.36. The normalized spacial score (nSPS) is 31.8. The molecule has 11 nitrogen and oxygen atoms in total. The zero-order valence-electron chi connectivity index (χ0n) is 16.6. The molecule has 32 heavy (non-hydrogen) atoms. The average Bonchev–Trinajstić information content (AvgIpc) is 2.98. The van der Waals surface area contributed by atoms with Gasteiger partial charge in [0, 0.05) is 17.3 Å². The van der Waals surface area contributed by atoms with Crippen LogP contribution in [0.25, 0.3) is 0 Å². The number of hydrogen-bond donors (Lipinski definition) is 4. The number of aromatic amines is 1. The fraction of sp³-hybridized carbons (Fsp3) is 0.444. The van der Waals surface area contributed by atoms with Gasteiger partial charge in [0.25, 0.3) is 5.85 Å². The van der Waals surface area contributed by atoms with Crippen molar-refractivity contribution in [2.24, 2.45) is 0 Å². The molecule has 3 heterocycles. The maximum Gasteiger partial charge on any atom is 0.530 e. The number of hydrogen-bond acceptors (Lipinski definition) is 10. The summed E-state index contributed by atoms with van der Waals surface area (Å²) >= 11 is 4.90. The predicted octanol–water partition coefficient (Wildman–Crippen LogP) is 1.36. The number of nitrogens with zero attached hydrogens (tertiary/aromatic N) is 1. The number of H-pyrrole nitrogens is 1. The number of fused-ring (bicyclic) bond motifs is 1. The van der Waals surface area contributed by atoms with E-state index in [0.717, 1.165) is 10.8 Å². The molecule has 2 aliphatic rings. The molecule has 2 aliphatic heterocycles. The molecule has 1 aromatic carbocycles. The van der Waals surface area contributed by atoms with E-state index in [2.05, 4.69) is 4.98 Å². The first kappa shape index (κ1) is 23.2. The third-order valence-electron chi connectivity index (χ3n) is 5.15. The number of phosphoric ester groups is 1. The molecule has 14 heteroatoms. The highest BCUT2D eigenvalue weighted by Crippen LogP contribution is 2.56. The molecule has 0 radical (unpaired) electrons. The monoisotopic (exact) mass is 490 g/mol. The topological polar surface area (TPSA) is 152 Å². The zero-order chi connectivity index (χ0) is 23.3. The largest absolute Gasteiger partial charge is 0.530 e. The molecule has 0 spiro atoms. The van der Waals surface area contributed by atoms with Crippen molar-refractivity contribution in [3.05, 3.63) is 56.2 Å². The summed E-state index contributed by atoms with van der Waals surface area (Å²) in [5.74, 6) is -2.78. The third kappa shape index (κ3) is 4.06. The summed E-state index contributed by atoms with van der Waals surface area (Å²) < 4.78 is 49.6. The molecular formula is C18H20FN2O9PS. The van der Waals surface area contributed by atoms with Gasteiger partial charge in [0.15, 0.2) is 6.23 Å². The number of aliphatic hydroxyl groups is 3. The Labute approximate surface area is 185 Å². The van der Waals surface area contributed by atoms with Gasteiger partial charge in [-0.3, -0.25) is 18.6 Å². The van der Waals surface area contributed by atoms with Crippen LogP contribution in [0.15, 0.2) is 29.2 Å². The fourth-order valence-electron chi connectivity index (χ4n) is 3.40. The van der Waals surface area contributed by atoms with Crippen molar-refractivity contribution in [1.82, 2.24) is 9.55 Å². The van der Waals surface area contributed by atoms with Crippen LogP contribution in [0.5, 0.6) is 5.75 Å². The van der Waals surface area contributed by atoms with Crippen molar-refractivity contribution in [1.29, 1.82) is 0 Å². The minimum Gasteiger partial charge on any atom is -0.403 e. The molecule has 5 atom stereocenters. The Morgan fingerprint density at radius 2 is 2.19 bits per heavy atom. The lowest BCUT2D eigenvalue weighted by atomic mass is 10.1. The lowest BCUT2D eigenvalue weighted by Gasteiger charge is -2.29. The Hall–Kier alpha value is -1.96. The van der Waals surface area contributed by atoms with Crippen LogP contribution in [0.3, 0.4) is 0 Å². The first-order valence-corrected chi connectivity index (χ1v) is 11.3. The Morgan fingerprint density at radius 3 is 2.91 bits per heavy atom. The summed E-state index contributed by atoms with van der Waals surface area (Å²) in [6, 6.07) is 5.19. The smallest absolute Gasteiger partial charge is 0.403 e. The van der Waals surface area contributed by atoms with Crippen LogP contribution >= 0.6 is 20.0 Å². The van der Waals surface area contributed by atoms with Gasteiger partial charge >= 0.3 is 13.5 Å². The van der Waals surface area contributed by atoms with Crippen LogP contribution < -0.4 is 10.2 Å². The van der Waals surface area contributed by atoms with Crippen LogP contribution in [0, 0.1) is 11.6 Å². The van der Waals surface area contributed by atoms with E-state index < -0.39 is 51.0 Å². The van der Waals surface area contributed by atoms with Crippen molar-refractivity contribution >= 4 is 20.0 Å². The molecule has 4 N–H and O–H groups in total. The molecule has 0 aliphatic carbocycles. The molecule has 1 fully saturated rings. The van der Waals surface area contributed by atoms with Crippen molar-refractivity contribution < 1.29 is 42.6 Å². The van der Waals surface area contributed by atoms with Gasteiger partial charge in [-0.15, -0.1) is 0 Å². The maximum atomic E-state index is 15.4. The number of halogens is 1. The van der Waals surface area contributed by atoms with E-state index in [1.54, 1.807) is 25.1 Å². The van der Waals surface area contributed by atoms with Crippen molar-refractivity contribution in [2.45, 2.75) is 44.4 Å². The first-order chi connectivity index (χ1) is 15.1. The molecule has 4 rings (SSSR count). The number of benzene rings is 1. The van der Waals surface area contributed by atoms with Gasteiger partial charge in [-0.2, -0.15) is 0 Å². The quantitative estimate of drug-likeness (QED) is 0.357. The Morgan fingerprint density at radius 1 is 1.44 bits per heavy atom. The Bertz CT molecular complexity index is 1200. The first-order valence-electron chi connectivity index (χ1n) is 9.42. The average molecular weight is 490 g/mol. The number of nitrogens with one attached hydrogen (secondary N) is 1. The SMILES string of the molecule is Cc1cccc2c1OP(=O)(OC[C@@]1(F)O[C@@H](n3cc(CO)c(=S)[nH]c3=O)[C@H](O)[C@@H]1O)OC2. The lowest BCUT2D eigenvalue weighted by molar-refractivity contribution is -0.205. The second-order valence-electron chi connectivity index (χ2n) is 7.36. The number of rotatable bonds is 5. The summed E-state index contributed by atoms with van der Waals surface area (Å²) in [5.41, 5.74) is 0.535. The predicted molar refractivity (Wildman–Crippen MR) is 108 cm³/mol. The van der Waals surface area contributed by atoms with E-state index in [1.807, 2.05) is 0 Å². The molecule has 1 aromatic heterocycles. The number of alkyl halides is 1. The van der Waals surface area contributed by atoms with Crippen LogP contribution in [0.4, 0.5) is 4.39 Å². The molecule has 0 amide bonds. The van der Waals surface area contributed by atoms with Crippen molar-refractivity contribution in [3.63, 3.8) is 0 Å². The van der Waals surface area contributed by atoms with Gasteiger partial charge in [-0.05, 0) is 12.5 Å². The maximum absolute atomic E-state index is 15.4. The van der Waals surface area contributed by atoms with Gasteiger partial charge in [0.2, 0.25) is 0 Å². The Balaban J connectivity index is 1.54. The number of ether oxygens (including phenoxy) is 1. The lowest BCUT2D eigenvalue weighted by Crippen LogP contribution is -2.43. The minimum absolute atomic E-state index is 0.0445. The zero-order valence-corrected chi connectivity index (χ0v) is 18.3. The third-order valence-corrected chi connectivity index (χ3v) is 6.82. The van der Waals surface area contributed by atoms with Gasteiger partial charge < -0.3 is 24.6 Å². The van der Waals surface area contributed by atoms with Crippen LogP contribution in [0.1, 0.15) is 22.9 Å². The summed E-state index contributed by atoms with van der Waals surface area (Å²) in [6.07, 6.45) is -4.70. The second kappa shape index (κ2) is 8.43. The highest BCUT2D eigenvalue weighted by atomic mass is 32.1. The standard InChI is InChI=1S/C18H20FN2O9PS/c1-9-3-2-4-10-7-27-31(26,30-13(9)10)28-8-18(19)14(24)12(23)16(29-18)21-5-11(6-22)15(32)20-17(21)25/h2-5,12,14,16,22-24H,6-8H2,1H3,(H,20,25,32)/t12-,14+,16-,18-,31?/m1/s1. The summed E-state index contributed by atoms with van der Waals surface area (Å²) in [7, 11) is -4.27. The molecule has 0 bridgehead atoms. The molecule has 1 saturated heterocycles. The molecule has 2 aromatic rings. The molecule has 0 saturated carbocycles. The van der Waals surface area contributed by atoms with Crippen LogP contribution in [-0.4, -0.2) is 49.5 Å². The van der Waals surface area contributed by atoms with Crippen molar-refractivity contribution in [2.75, 3.05) is 6.61 Å². The van der Waals surface area contributed by atoms with Crippen molar-refractivity contribution in [3.8, 4) is 5.75 Å². The van der Waals surface area contributed by atoms with Gasteiger partial charge in [-0.25, -0.2) is 13.8 Å². The van der Waals surface area contributed by atoms with Crippen LogP contribution in [0.2, 0.25) is 0 Å². The number of aryl methyl sites for hydroxylation is 1. The van der Waals surface area contributed by atoms with E-state index in [9.17, 15) is 24.7 Å². The molecule has 174 valence electrons. The van der Waals surface area contributed by atoms with E-state index in [-0.39, 0.29) is 22.6 Å². The van der Waals surface area contributed by atoms with Gasteiger partial charge in [0.1, 0.15) is 29.2 Å². The van der Waals surface area contributed by atoms with E-state index in [4.69, 9.17) is 30.5 Å². The molecule has 1 unspecified atom stereocenters. The fourth-order valence-corrected chi connectivity index (χ4v) is 4.90. The molecular weight excluding hydrogens is 470 g/mol.